The topological polar surface area (TPSA) is 29.5 Å². The summed E-state index contributed by atoms with van der Waals surface area (Å²) in [7, 11) is 1.59. The van der Waals surface area contributed by atoms with E-state index in [-0.39, 0.29) is 11.7 Å². The van der Waals surface area contributed by atoms with Crippen LogP contribution in [0.2, 0.25) is 0 Å². The molecular formula is C12H17FO2. The Kier molecular flexibility index (Phi) is 4.72. The van der Waals surface area contributed by atoms with Crippen LogP contribution >= 0.6 is 0 Å². The number of ether oxygens (including phenoxy) is 1. The van der Waals surface area contributed by atoms with Crippen molar-refractivity contribution < 1.29 is 14.2 Å². The minimum Gasteiger partial charge on any atom is -0.392 e. The Morgan fingerprint density at radius 2 is 2.07 bits per heavy atom. The molecule has 0 heterocycles. The molecule has 1 rings (SSSR count). The lowest BCUT2D eigenvalue weighted by molar-refractivity contribution is 0.0570. The van der Waals surface area contributed by atoms with Gasteiger partial charge in [-0.2, -0.15) is 0 Å². The third-order valence-corrected chi connectivity index (χ3v) is 2.47. The van der Waals surface area contributed by atoms with Gasteiger partial charge in [0.15, 0.2) is 0 Å². The van der Waals surface area contributed by atoms with E-state index in [1.165, 1.54) is 6.07 Å². The summed E-state index contributed by atoms with van der Waals surface area (Å²) in [6.07, 6.45) is -0.237. The molecule has 0 spiro atoms. The normalized spacial score (nSPS) is 14.9. The van der Waals surface area contributed by atoms with Crippen LogP contribution in [0.15, 0.2) is 24.3 Å². The molecule has 0 bridgehead atoms. The number of halogens is 1. The van der Waals surface area contributed by atoms with Crippen molar-refractivity contribution in [3.8, 4) is 0 Å². The summed E-state index contributed by atoms with van der Waals surface area (Å²) in [5.41, 5.74) is 0.549. The van der Waals surface area contributed by atoms with Gasteiger partial charge in [0.05, 0.1) is 12.7 Å². The molecule has 0 aliphatic carbocycles. The second kappa shape index (κ2) is 5.83. The molecule has 1 aromatic rings. The van der Waals surface area contributed by atoms with Gasteiger partial charge in [0.25, 0.3) is 0 Å². The average Bonchev–Trinajstić information content (AvgIpc) is 2.21. The van der Waals surface area contributed by atoms with Crippen LogP contribution in [0.4, 0.5) is 4.39 Å². The second-order valence-corrected chi connectivity index (χ2v) is 3.80. The van der Waals surface area contributed by atoms with Gasteiger partial charge in [0, 0.05) is 19.4 Å². The number of benzene rings is 1. The number of hydrogen-bond donors (Lipinski definition) is 1. The first-order valence-corrected chi connectivity index (χ1v) is 5.05. The zero-order chi connectivity index (χ0) is 11.3. The van der Waals surface area contributed by atoms with E-state index in [0.29, 0.717) is 18.6 Å². The average molecular weight is 212 g/mol. The summed E-state index contributed by atoms with van der Waals surface area (Å²) in [5, 5.41) is 9.78. The zero-order valence-corrected chi connectivity index (χ0v) is 9.11. The Hall–Kier alpha value is -0.930. The Balaban J connectivity index is 2.58. The maximum Gasteiger partial charge on any atom is 0.126 e. The summed E-state index contributed by atoms with van der Waals surface area (Å²) in [4.78, 5) is 0. The molecule has 0 aliphatic rings. The molecule has 0 saturated heterocycles. The maximum atomic E-state index is 13.3. The zero-order valence-electron chi connectivity index (χ0n) is 9.11. The van der Waals surface area contributed by atoms with E-state index in [1.807, 2.05) is 6.92 Å². The molecule has 0 aliphatic heterocycles. The van der Waals surface area contributed by atoms with Crippen molar-refractivity contribution >= 4 is 0 Å². The van der Waals surface area contributed by atoms with E-state index < -0.39 is 6.10 Å². The molecule has 84 valence electrons. The number of rotatable bonds is 5. The molecule has 1 N–H and O–H groups in total. The van der Waals surface area contributed by atoms with Crippen LogP contribution in [0, 0.1) is 11.7 Å². The maximum absolute atomic E-state index is 13.3. The quantitative estimate of drug-likeness (QED) is 0.809. The Bertz CT molecular complexity index is 301. The van der Waals surface area contributed by atoms with Crippen LogP contribution in [-0.4, -0.2) is 24.9 Å². The van der Waals surface area contributed by atoms with Crippen LogP contribution in [-0.2, 0) is 11.2 Å². The van der Waals surface area contributed by atoms with E-state index >= 15 is 0 Å². The van der Waals surface area contributed by atoms with Gasteiger partial charge < -0.3 is 9.84 Å². The van der Waals surface area contributed by atoms with Gasteiger partial charge >= 0.3 is 0 Å². The Morgan fingerprint density at radius 1 is 1.40 bits per heavy atom. The van der Waals surface area contributed by atoms with Gasteiger partial charge in [-0.15, -0.1) is 0 Å². The number of methoxy groups -OCH3 is 1. The van der Waals surface area contributed by atoms with Crippen molar-refractivity contribution in [1.29, 1.82) is 0 Å². The molecule has 1 aromatic carbocycles. The highest BCUT2D eigenvalue weighted by Gasteiger charge is 2.16. The first-order chi connectivity index (χ1) is 7.15. The van der Waals surface area contributed by atoms with Gasteiger partial charge in [-0.3, -0.25) is 0 Å². The number of hydrogen-bond acceptors (Lipinski definition) is 2. The fraction of sp³-hybridized carbons (Fsp3) is 0.500. The molecule has 0 saturated carbocycles. The molecule has 0 amide bonds. The van der Waals surface area contributed by atoms with Crippen LogP contribution in [0.1, 0.15) is 12.5 Å². The predicted octanol–water partition coefficient (Wildman–Crippen LogP) is 2.01. The van der Waals surface area contributed by atoms with Gasteiger partial charge in [-0.05, 0) is 11.6 Å². The van der Waals surface area contributed by atoms with Crippen molar-refractivity contribution in [2.75, 3.05) is 13.7 Å². The standard InChI is InChI=1S/C12H17FO2/c1-9(8-15-2)12(14)7-10-5-3-4-6-11(10)13/h3-6,9,12,14H,7-8H2,1-2H3. The van der Waals surface area contributed by atoms with Gasteiger partial charge in [0.1, 0.15) is 5.82 Å². The SMILES string of the molecule is COCC(C)C(O)Cc1ccccc1F. The van der Waals surface area contributed by atoms with Gasteiger partial charge in [0.2, 0.25) is 0 Å². The summed E-state index contributed by atoms with van der Waals surface area (Å²) < 4.78 is 18.2. The van der Waals surface area contributed by atoms with E-state index in [4.69, 9.17) is 4.74 Å². The van der Waals surface area contributed by atoms with Crippen molar-refractivity contribution in [2.45, 2.75) is 19.4 Å². The molecule has 3 heteroatoms. The van der Waals surface area contributed by atoms with Crippen LogP contribution < -0.4 is 0 Å². The molecule has 2 unspecified atom stereocenters. The van der Waals surface area contributed by atoms with Crippen molar-refractivity contribution in [1.82, 2.24) is 0 Å². The lowest BCUT2D eigenvalue weighted by Gasteiger charge is -2.18. The minimum absolute atomic E-state index is 0.00889. The molecule has 2 nitrogen and oxygen atoms in total. The highest BCUT2D eigenvalue weighted by molar-refractivity contribution is 5.18. The van der Waals surface area contributed by atoms with Crippen molar-refractivity contribution in [3.63, 3.8) is 0 Å². The Labute approximate surface area is 89.7 Å². The highest BCUT2D eigenvalue weighted by atomic mass is 19.1. The lowest BCUT2D eigenvalue weighted by Crippen LogP contribution is -2.24. The summed E-state index contributed by atoms with van der Waals surface area (Å²) in [6.45, 7) is 2.37. The smallest absolute Gasteiger partial charge is 0.126 e. The fourth-order valence-electron chi connectivity index (χ4n) is 1.46. The lowest BCUT2D eigenvalue weighted by atomic mass is 9.98. The van der Waals surface area contributed by atoms with E-state index in [0.717, 1.165) is 0 Å². The molecule has 0 aromatic heterocycles. The largest absolute Gasteiger partial charge is 0.392 e. The van der Waals surface area contributed by atoms with E-state index in [2.05, 4.69) is 0 Å². The first kappa shape index (κ1) is 12.1. The fourth-order valence-corrected chi connectivity index (χ4v) is 1.46. The monoisotopic (exact) mass is 212 g/mol. The third kappa shape index (κ3) is 3.61. The van der Waals surface area contributed by atoms with Gasteiger partial charge in [-0.25, -0.2) is 4.39 Å². The predicted molar refractivity (Wildman–Crippen MR) is 57.2 cm³/mol. The molecule has 2 atom stereocenters. The molecular weight excluding hydrogens is 195 g/mol. The molecule has 0 fully saturated rings. The highest BCUT2D eigenvalue weighted by Crippen LogP contribution is 2.13. The van der Waals surface area contributed by atoms with Crippen molar-refractivity contribution in [2.24, 2.45) is 5.92 Å². The van der Waals surface area contributed by atoms with Crippen molar-refractivity contribution in [3.05, 3.63) is 35.6 Å². The summed E-state index contributed by atoms with van der Waals surface area (Å²) in [6, 6.07) is 6.51. The minimum atomic E-state index is -0.568. The first-order valence-electron chi connectivity index (χ1n) is 5.05. The summed E-state index contributed by atoms with van der Waals surface area (Å²) in [5.74, 6) is -0.254. The van der Waals surface area contributed by atoms with Crippen LogP contribution in [0.5, 0.6) is 0 Å². The number of aliphatic hydroxyl groups is 1. The van der Waals surface area contributed by atoms with Gasteiger partial charge in [-0.1, -0.05) is 25.1 Å². The molecule has 0 radical (unpaired) electrons. The third-order valence-electron chi connectivity index (χ3n) is 2.47. The molecule has 15 heavy (non-hydrogen) atoms. The van der Waals surface area contributed by atoms with Crippen LogP contribution in [0.3, 0.4) is 0 Å². The number of aliphatic hydroxyl groups excluding tert-OH is 1. The summed E-state index contributed by atoms with van der Waals surface area (Å²) >= 11 is 0. The Morgan fingerprint density at radius 3 is 2.67 bits per heavy atom. The van der Waals surface area contributed by atoms with E-state index in [9.17, 15) is 9.50 Å². The van der Waals surface area contributed by atoms with Crippen LogP contribution in [0.25, 0.3) is 0 Å². The second-order valence-electron chi connectivity index (χ2n) is 3.80. The van der Waals surface area contributed by atoms with E-state index in [1.54, 1.807) is 25.3 Å².